The summed E-state index contributed by atoms with van der Waals surface area (Å²) in [5.41, 5.74) is 2.16. The van der Waals surface area contributed by atoms with Gasteiger partial charge in [-0.15, -0.1) is 0 Å². The number of fused-ring (bicyclic) bond motifs is 1. The summed E-state index contributed by atoms with van der Waals surface area (Å²) in [6.45, 7) is 0. The molecule has 0 aliphatic heterocycles. The first-order valence-electron chi connectivity index (χ1n) is 4.77. The first kappa shape index (κ1) is 8.56. The maximum atomic E-state index is 4.52. The maximum Gasteiger partial charge on any atom is 0.253 e. The summed E-state index contributed by atoms with van der Waals surface area (Å²) in [6, 6.07) is 18.3. The molecule has 3 aromatic rings. The molecule has 72 valence electrons. The summed E-state index contributed by atoms with van der Waals surface area (Å²) in [4.78, 5) is 0. The number of hydrogen-bond donors (Lipinski definition) is 0. The summed E-state index contributed by atoms with van der Waals surface area (Å²) in [6.07, 6.45) is 0. The third kappa shape index (κ3) is 1.51. The zero-order valence-corrected chi connectivity index (χ0v) is 8.82. The maximum absolute atomic E-state index is 4.52. The molecule has 1 aromatic heterocycles. The molecule has 2 aromatic carbocycles. The largest absolute Gasteiger partial charge is 0.253 e. The number of para-hydroxylation sites is 1. The smallest absolute Gasteiger partial charge is 0.0618 e. The van der Waals surface area contributed by atoms with E-state index in [1.165, 1.54) is 4.70 Å². The Labute approximate surface area is 91.6 Å². The molecular formula is C12H9N2S+. The Kier molecular flexibility index (Phi) is 1.96. The van der Waals surface area contributed by atoms with Crippen molar-refractivity contribution in [3.05, 3.63) is 54.6 Å². The first-order valence-corrected chi connectivity index (χ1v) is 5.55. The third-order valence-electron chi connectivity index (χ3n) is 2.23. The molecule has 2 nitrogen and oxygen atoms in total. The highest BCUT2D eigenvalue weighted by Crippen LogP contribution is 2.14. The molecule has 0 N–H and O–H groups in total. The minimum absolute atomic E-state index is 1.05. The molecule has 0 radical (unpaired) electrons. The summed E-state index contributed by atoms with van der Waals surface area (Å²) < 4.78 is 3.16. The second-order valence-corrected chi connectivity index (χ2v) is 4.24. The molecule has 0 unspecified atom stereocenters. The van der Waals surface area contributed by atoms with Crippen molar-refractivity contribution in [2.45, 2.75) is 0 Å². The standard InChI is InChI=1S/C12H9N2S/c1-2-6-10(7-3-1)14-13-11-8-4-5-9-12(11)15-14/h1-9H/q+1. The van der Waals surface area contributed by atoms with Gasteiger partial charge in [-0.1, -0.05) is 30.3 Å². The molecule has 0 saturated carbocycles. The Morgan fingerprint density at radius 1 is 0.867 bits per heavy atom. The van der Waals surface area contributed by atoms with Gasteiger partial charge in [0.25, 0.3) is 5.69 Å². The molecule has 0 saturated heterocycles. The van der Waals surface area contributed by atoms with Gasteiger partial charge in [-0.05, 0) is 12.1 Å². The van der Waals surface area contributed by atoms with Gasteiger partial charge in [-0.25, -0.2) is 0 Å². The van der Waals surface area contributed by atoms with Crippen molar-refractivity contribution in [3.8, 4) is 5.69 Å². The van der Waals surface area contributed by atoms with Crippen molar-refractivity contribution in [2.24, 2.45) is 0 Å². The summed E-state index contributed by atoms with van der Waals surface area (Å²) in [5, 5.41) is 4.52. The highest BCUT2D eigenvalue weighted by Gasteiger charge is 2.13. The van der Waals surface area contributed by atoms with Gasteiger partial charge < -0.3 is 0 Å². The Morgan fingerprint density at radius 3 is 2.40 bits per heavy atom. The number of rotatable bonds is 1. The van der Waals surface area contributed by atoms with E-state index in [0.717, 1.165) is 11.2 Å². The predicted molar refractivity (Wildman–Crippen MR) is 61.2 cm³/mol. The van der Waals surface area contributed by atoms with Crippen LogP contribution in [0.5, 0.6) is 0 Å². The monoisotopic (exact) mass is 213 g/mol. The molecule has 0 spiro atoms. The zero-order valence-electron chi connectivity index (χ0n) is 8.00. The van der Waals surface area contributed by atoms with Crippen LogP contribution in [-0.2, 0) is 0 Å². The Morgan fingerprint density at radius 2 is 1.60 bits per heavy atom. The van der Waals surface area contributed by atoms with Crippen LogP contribution in [-0.4, -0.2) is 5.10 Å². The van der Waals surface area contributed by atoms with Gasteiger partial charge in [0.05, 0.1) is 0 Å². The van der Waals surface area contributed by atoms with E-state index in [1.54, 1.807) is 11.5 Å². The van der Waals surface area contributed by atoms with Crippen molar-refractivity contribution in [3.63, 3.8) is 0 Å². The summed E-state index contributed by atoms with van der Waals surface area (Å²) >= 11 is 1.66. The van der Waals surface area contributed by atoms with Crippen molar-refractivity contribution >= 4 is 21.7 Å². The summed E-state index contributed by atoms with van der Waals surface area (Å²) in [5.74, 6) is 0. The molecule has 0 atom stereocenters. The van der Waals surface area contributed by atoms with Crippen LogP contribution >= 0.6 is 11.5 Å². The van der Waals surface area contributed by atoms with Crippen LogP contribution in [0, 0.1) is 0 Å². The fourth-order valence-electron chi connectivity index (χ4n) is 1.49. The third-order valence-corrected chi connectivity index (χ3v) is 3.23. The second kappa shape index (κ2) is 3.44. The highest BCUT2D eigenvalue weighted by molar-refractivity contribution is 7.09. The van der Waals surface area contributed by atoms with Gasteiger partial charge in [0.15, 0.2) is 17.0 Å². The average Bonchev–Trinajstić information content (AvgIpc) is 2.74. The van der Waals surface area contributed by atoms with Crippen LogP contribution in [0.15, 0.2) is 54.6 Å². The van der Waals surface area contributed by atoms with Crippen molar-refractivity contribution in [1.29, 1.82) is 0 Å². The van der Waals surface area contributed by atoms with Crippen LogP contribution in [0.2, 0.25) is 0 Å². The van der Waals surface area contributed by atoms with Gasteiger partial charge >= 0.3 is 0 Å². The van der Waals surface area contributed by atoms with Crippen molar-refractivity contribution in [2.75, 3.05) is 0 Å². The number of benzene rings is 2. The fourth-order valence-corrected chi connectivity index (χ4v) is 2.38. The van der Waals surface area contributed by atoms with E-state index in [1.807, 2.05) is 40.5 Å². The Bertz CT molecular complexity index is 554. The minimum Gasteiger partial charge on any atom is -0.0618 e. The molecule has 0 aliphatic rings. The average molecular weight is 213 g/mol. The lowest BCUT2D eigenvalue weighted by Crippen LogP contribution is -2.28. The van der Waals surface area contributed by atoms with E-state index < -0.39 is 0 Å². The molecule has 0 amide bonds. The van der Waals surface area contributed by atoms with Crippen molar-refractivity contribution in [1.82, 2.24) is 5.10 Å². The molecule has 0 aliphatic carbocycles. The topological polar surface area (TPSA) is 16.8 Å². The van der Waals surface area contributed by atoms with Crippen molar-refractivity contribution < 1.29 is 4.07 Å². The van der Waals surface area contributed by atoms with Gasteiger partial charge in [-0.2, -0.15) is 0 Å². The SMILES string of the molecule is c1ccc(-[n+]2nc3ccccc3s2)cc1. The van der Waals surface area contributed by atoms with Crippen LogP contribution in [0.1, 0.15) is 0 Å². The van der Waals surface area contributed by atoms with Crippen LogP contribution in [0.25, 0.3) is 15.9 Å². The molecular weight excluding hydrogens is 204 g/mol. The number of hydrogen-bond acceptors (Lipinski definition) is 2. The first-order chi connectivity index (χ1) is 7.43. The van der Waals surface area contributed by atoms with E-state index in [-0.39, 0.29) is 0 Å². The fraction of sp³-hybridized carbons (Fsp3) is 0. The van der Waals surface area contributed by atoms with Gasteiger partial charge in [-0.3, -0.25) is 0 Å². The van der Waals surface area contributed by atoms with Gasteiger partial charge in [0.2, 0.25) is 0 Å². The Hall–Kier alpha value is -1.74. The molecule has 0 bridgehead atoms. The molecule has 3 heteroatoms. The normalized spacial score (nSPS) is 10.7. The van der Waals surface area contributed by atoms with Crippen LogP contribution in [0.4, 0.5) is 0 Å². The molecule has 0 fully saturated rings. The minimum atomic E-state index is 1.05. The Balaban J connectivity index is 2.21. The van der Waals surface area contributed by atoms with E-state index in [4.69, 9.17) is 0 Å². The van der Waals surface area contributed by atoms with Gasteiger partial charge in [0.1, 0.15) is 4.70 Å². The van der Waals surface area contributed by atoms with E-state index in [0.29, 0.717) is 0 Å². The van der Waals surface area contributed by atoms with E-state index in [9.17, 15) is 0 Å². The van der Waals surface area contributed by atoms with Crippen LogP contribution in [0.3, 0.4) is 0 Å². The second-order valence-electron chi connectivity index (χ2n) is 3.27. The lowest BCUT2D eigenvalue weighted by atomic mass is 10.3. The predicted octanol–water partition coefficient (Wildman–Crippen LogP) is 2.57. The lowest BCUT2D eigenvalue weighted by molar-refractivity contribution is -0.585. The zero-order chi connectivity index (χ0) is 10.1. The summed E-state index contributed by atoms with van der Waals surface area (Å²) in [7, 11) is 0. The lowest BCUT2D eigenvalue weighted by Gasteiger charge is -1.83. The molecule has 1 heterocycles. The quantitative estimate of drug-likeness (QED) is 0.568. The highest BCUT2D eigenvalue weighted by atomic mass is 32.1. The number of aromatic nitrogens is 2. The van der Waals surface area contributed by atoms with Crippen LogP contribution < -0.4 is 4.07 Å². The molecule has 3 rings (SSSR count). The van der Waals surface area contributed by atoms with E-state index in [2.05, 4.69) is 23.3 Å². The van der Waals surface area contributed by atoms with Gasteiger partial charge in [0, 0.05) is 21.3 Å². The molecule has 15 heavy (non-hydrogen) atoms. The number of nitrogens with zero attached hydrogens (tertiary/aromatic N) is 2. The van der Waals surface area contributed by atoms with E-state index >= 15 is 0 Å².